The molecule has 3 rings (SSSR count). The van der Waals surface area contributed by atoms with Crippen molar-refractivity contribution in [2.75, 3.05) is 16.8 Å². The molecule has 0 saturated heterocycles. The summed E-state index contributed by atoms with van der Waals surface area (Å²) in [7, 11) is 0. The van der Waals surface area contributed by atoms with Crippen molar-refractivity contribution in [2.45, 2.75) is 26.3 Å². The third-order valence-corrected chi connectivity index (χ3v) is 5.63. The first kappa shape index (κ1) is 14.6. The van der Waals surface area contributed by atoms with Crippen molar-refractivity contribution in [1.29, 1.82) is 0 Å². The Labute approximate surface area is 137 Å². The summed E-state index contributed by atoms with van der Waals surface area (Å²) < 4.78 is 1.13. The highest BCUT2D eigenvalue weighted by molar-refractivity contribution is 9.10. The molecule has 0 radical (unpaired) electrons. The van der Waals surface area contributed by atoms with E-state index in [4.69, 9.17) is 0 Å². The van der Waals surface area contributed by atoms with Gasteiger partial charge in [0.2, 0.25) is 5.91 Å². The van der Waals surface area contributed by atoms with Gasteiger partial charge in [0.15, 0.2) is 0 Å². The number of hydrogen-bond acceptors (Lipinski definition) is 3. The molecule has 1 aliphatic rings. The zero-order chi connectivity index (χ0) is 15.0. The molecule has 1 aromatic carbocycles. The van der Waals surface area contributed by atoms with Gasteiger partial charge in [-0.15, -0.1) is 11.3 Å². The SMILES string of the molecule is CC(=O)N1CCc2cc(NC(C)c3cc(Br)cs3)ccc21. The second-order valence-electron chi connectivity index (χ2n) is 5.30. The van der Waals surface area contributed by atoms with Crippen LogP contribution in [0.5, 0.6) is 0 Å². The van der Waals surface area contributed by atoms with Gasteiger partial charge in [-0.2, -0.15) is 0 Å². The van der Waals surface area contributed by atoms with Crippen LogP contribution in [0.4, 0.5) is 11.4 Å². The average molecular weight is 365 g/mol. The fourth-order valence-electron chi connectivity index (χ4n) is 2.70. The summed E-state index contributed by atoms with van der Waals surface area (Å²) in [6, 6.07) is 8.68. The normalized spacial score (nSPS) is 14.9. The van der Waals surface area contributed by atoms with Gasteiger partial charge in [0.05, 0.1) is 6.04 Å². The van der Waals surface area contributed by atoms with Gasteiger partial charge in [-0.25, -0.2) is 0 Å². The van der Waals surface area contributed by atoms with Gasteiger partial charge in [-0.3, -0.25) is 4.79 Å². The van der Waals surface area contributed by atoms with Gasteiger partial charge in [0.25, 0.3) is 0 Å². The van der Waals surface area contributed by atoms with Crippen molar-refractivity contribution in [3.8, 4) is 0 Å². The van der Waals surface area contributed by atoms with Crippen LogP contribution < -0.4 is 10.2 Å². The van der Waals surface area contributed by atoms with Crippen molar-refractivity contribution in [3.63, 3.8) is 0 Å². The maximum Gasteiger partial charge on any atom is 0.223 e. The Hall–Kier alpha value is -1.33. The van der Waals surface area contributed by atoms with Crippen LogP contribution in [0, 0.1) is 0 Å². The molecule has 1 N–H and O–H groups in total. The Balaban J connectivity index is 1.77. The summed E-state index contributed by atoms with van der Waals surface area (Å²) in [6.07, 6.45) is 0.934. The number of halogens is 1. The van der Waals surface area contributed by atoms with Gasteiger partial charge in [0.1, 0.15) is 0 Å². The van der Waals surface area contributed by atoms with E-state index in [0.29, 0.717) is 0 Å². The van der Waals surface area contributed by atoms with Gasteiger partial charge < -0.3 is 10.2 Å². The molecule has 1 aromatic heterocycles. The molecule has 2 aromatic rings. The molecule has 0 spiro atoms. The fraction of sp³-hybridized carbons (Fsp3) is 0.312. The summed E-state index contributed by atoms with van der Waals surface area (Å²) in [6.45, 7) is 4.58. The summed E-state index contributed by atoms with van der Waals surface area (Å²) in [5, 5.41) is 5.63. The van der Waals surface area contributed by atoms with Crippen LogP contribution >= 0.6 is 27.3 Å². The van der Waals surface area contributed by atoms with E-state index >= 15 is 0 Å². The van der Waals surface area contributed by atoms with E-state index in [1.807, 2.05) is 11.0 Å². The van der Waals surface area contributed by atoms with Crippen LogP contribution in [-0.2, 0) is 11.2 Å². The minimum atomic E-state index is 0.117. The average Bonchev–Trinajstić information content (AvgIpc) is 3.04. The van der Waals surface area contributed by atoms with Crippen molar-refractivity contribution in [2.24, 2.45) is 0 Å². The highest BCUT2D eigenvalue weighted by atomic mass is 79.9. The summed E-state index contributed by atoms with van der Waals surface area (Å²) in [5.41, 5.74) is 3.41. The fourth-order valence-corrected chi connectivity index (χ4v) is 4.15. The standard InChI is InChI=1S/C16H17BrN2OS/c1-10(16-8-13(17)9-21-16)18-14-3-4-15-12(7-14)5-6-19(15)11(2)20/h3-4,7-10,18H,5-6H2,1-2H3. The Morgan fingerprint density at radius 1 is 1.43 bits per heavy atom. The number of anilines is 2. The van der Waals surface area contributed by atoms with Gasteiger partial charge in [-0.05, 0) is 59.1 Å². The number of benzene rings is 1. The van der Waals surface area contributed by atoms with E-state index in [9.17, 15) is 4.79 Å². The topological polar surface area (TPSA) is 32.3 Å². The Bertz CT molecular complexity index is 683. The molecular formula is C16H17BrN2OS. The molecule has 0 aliphatic carbocycles. The molecule has 110 valence electrons. The molecule has 1 unspecified atom stereocenters. The maximum absolute atomic E-state index is 11.6. The molecular weight excluding hydrogens is 348 g/mol. The zero-order valence-electron chi connectivity index (χ0n) is 12.0. The largest absolute Gasteiger partial charge is 0.378 e. The molecule has 21 heavy (non-hydrogen) atoms. The molecule has 1 atom stereocenters. The number of hydrogen-bond donors (Lipinski definition) is 1. The second-order valence-corrected chi connectivity index (χ2v) is 7.16. The zero-order valence-corrected chi connectivity index (χ0v) is 14.4. The first-order chi connectivity index (χ1) is 10.0. The van der Waals surface area contributed by atoms with E-state index < -0.39 is 0 Å². The number of nitrogens with zero attached hydrogens (tertiary/aromatic N) is 1. The third kappa shape index (κ3) is 2.99. The Morgan fingerprint density at radius 3 is 2.90 bits per heavy atom. The summed E-state index contributed by atoms with van der Waals surface area (Å²) >= 11 is 5.24. The number of carbonyl (C=O) groups is 1. The molecule has 0 bridgehead atoms. The summed E-state index contributed by atoms with van der Waals surface area (Å²) in [4.78, 5) is 14.7. The smallest absolute Gasteiger partial charge is 0.223 e. The molecule has 1 aliphatic heterocycles. The first-order valence-corrected chi connectivity index (χ1v) is 8.63. The van der Waals surface area contributed by atoms with Crippen LogP contribution in [0.1, 0.15) is 30.3 Å². The lowest BCUT2D eigenvalue weighted by Crippen LogP contribution is -2.25. The van der Waals surface area contributed by atoms with Crippen molar-refractivity contribution < 1.29 is 4.79 Å². The van der Waals surface area contributed by atoms with Crippen LogP contribution in [0.3, 0.4) is 0 Å². The van der Waals surface area contributed by atoms with E-state index in [0.717, 1.165) is 28.8 Å². The number of rotatable bonds is 3. The van der Waals surface area contributed by atoms with Crippen LogP contribution in [0.25, 0.3) is 0 Å². The van der Waals surface area contributed by atoms with E-state index in [1.165, 1.54) is 10.4 Å². The minimum absolute atomic E-state index is 0.117. The number of carbonyl (C=O) groups excluding carboxylic acids is 1. The molecule has 0 fully saturated rings. The minimum Gasteiger partial charge on any atom is -0.378 e. The van der Waals surface area contributed by atoms with Crippen LogP contribution in [0.15, 0.2) is 34.1 Å². The van der Waals surface area contributed by atoms with E-state index in [1.54, 1.807) is 18.3 Å². The third-order valence-electron chi connectivity index (χ3n) is 3.75. The van der Waals surface area contributed by atoms with Crippen molar-refractivity contribution >= 4 is 44.5 Å². The lowest BCUT2D eigenvalue weighted by molar-refractivity contribution is -0.116. The molecule has 2 heterocycles. The van der Waals surface area contributed by atoms with Crippen molar-refractivity contribution in [3.05, 3.63) is 44.6 Å². The monoisotopic (exact) mass is 364 g/mol. The molecule has 5 heteroatoms. The van der Waals surface area contributed by atoms with E-state index in [-0.39, 0.29) is 11.9 Å². The quantitative estimate of drug-likeness (QED) is 0.863. The lowest BCUT2D eigenvalue weighted by Gasteiger charge is -2.17. The predicted molar refractivity (Wildman–Crippen MR) is 92.2 cm³/mol. The number of thiophene rings is 1. The Kier molecular flexibility index (Phi) is 4.04. The maximum atomic E-state index is 11.6. The number of fused-ring (bicyclic) bond motifs is 1. The van der Waals surface area contributed by atoms with Crippen molar-refractivity contribution in [1.82, 2.24) is 0 Å². The molecule has 3 nitrogen and oxygen atoms in total. The Morgan fingerprint density at radius 2 is 2.24 bits per heavy atom. The lowest BCUT2D eigenvalue weighted by atomic mass is 10.1. The van der Waals surface area contributed by atoms with Gasteiger partial charge in [-0.1, -0.05) is 0 Å². The van der Waals surface area contributed by atoms with Crippen LogP contribution in [-0.4, -0.2) is 12.5 Å². The van der Waals surface area contributed by atoms with Gasteiger partial charge in [0, 0.05) is 39.6 Å². The van der Waals surface area contributed by atoms with Gasteiger partial charge >= 0.3 is 0 Å². The van der Waals surface area contributed by atoms with Crippen LogP contribution in [0.2, 0.25) is 0 Å². The summed E-state index contributed by atoms with van der Waals surface area (Å²) in [5.74, 6) is 0.117. The first-order valence-electron chi connectivity index (χ1n) is 6.96. The van der Waals surface area contributed by atoms with E-state index in [2.05, 4.69) is 51.7 Å². The number of nitrogens with one attached hydrogen (secondary N) is 1. The predicted octanol–water partition coefficient (Wildman–Crippen LogP) is 4.59. The number of amides is 1. The molecule has 0 saturated carbocycles. The second kappa shape index (κ2) is 5.81. The molecule has 1 amide bonds. The highest BCUT2D eigenvalue weighted by Crippen LogP contribution is 2.33. The highest BCUT2D eigenvalue weighted by Gasteiger charge is 2.22.